The Labute approximate surface area is 154 Å². The summed E-state index contributed by atoms with van der Waals surface area (Å²) in [5, 5.41) is 2.65. The molecule has 0 atom stereocenters. The van der Waals surface area contributed by atoms with Gasteiger partial charge >= 0.3 is 12.4 Å². The van der Waals surface area contributed by atoms with Crippen LogP contribution >= 0.6 is 0 Å². The van der Waals surface area contributed by atoms with E-state index in [-0.39, 0.29) is 37.1 Å². The number of ether oxygens (including phenoxy) is 2. The Kier molecular flexibility index (Phi) is 6.89. The third-order valence-electron chi connectivity index (χ3n) is 3.80. The monoisotopic (exact) mass is 411 g/mol. The summed E-state index contributed by atoms with van der Waals surface area (Å²) in [7, 11) is -2.36. The van der Waals surface area contributed by atoms with Gasteiger partial charge in [0.2, 0.25) is 10.0 Å². The van der Waals surface area contributed by atoms with E-state index in [1.54, 1.807) is 0 Å². The van der Waals surface area contributed by atoms with Crippen LogP contribution < -0.4 is 10.1 Å². The quantitative estimate of drug-likeness (QED) is 0.712. The summed E-state index contributed by atoms with van der Waals surface area (Å²) in [5.41, 5.74) is 0. The number of nitrogens with zero attached hydrogens (tertiary/aromatic N) is 2. The Hall–Kier alpha value is -2.05. The SMILES string of the molecule is COCCNC(=O)N1CCN(S(=O)(=O)c2ccc(OC(F)(F)F)cc2)CC1. The third-order valence-corrected chi connectivity index (χ3v) is 5.72. The number of piperazine rings is 1. The molecule has 1 aliphatic heterocycles. The fourth-order valence-electron chi connectivity index (χ4n) is 2.47. The summed E-state index contributed by atoms with van der Waals surface area (Å²) in [6.45, 7) is 1.29. The molecule has 1 aromatic carbocycles. The Morgan fingerprint density at radius 1 is 1.15 bits per heavy atom. The fourth-order valence-corrected chi connectivity index (χ4v) is 3.89. The number of nitrogens with one attached hydrogen (secondary N) is 1. The number of hydrogen-bond donors (Lipinski definition) is 1. The minimum Gasteiger partial charge on any atom is -0.406 e. The van der Waals surface area contributed by atoms with Gasteiger partial charge in [-0.3, -0.25) is 0 Å². The number of amides is 2. The Morgan fingerprint density at radius 2 is 1.74 bits per heavy atom. The molecule has 27 heavy (non-hydrogen) atoms. The van der Waals surface area contributed by atoms with E-state index in [1.165, 1.54) is 16.3 Å². The molecule has 2 amide bonds. The standard InChI is InChI=1S/C15H20F3N3O5S/c1-25-11-6-19-14(22)20-7-9-21(10-8-20)27(23,24)13-4-2-12(3-5-13)26-15(16,17)18/h2-5H,6-11H2,1H3,(H,19,22). The first-order valence-corrected chi connectivity index (χ1v) is 9.45. The molecule has 0 bridgehead atoms. The number of benzene rings is 1. The molecule has 8 nitrogen and oxygen atoms in total. The molecule has 1 saturated heterocycles. The number of halogens is 3. The molecule has 1 aliphatic rings. The maximum Gasteiger partial charge on any atom is 0.573 e. The second-order valence-electron chi connectivity index (χ2n) is 5.64. The van der Waals surface area contributed by atoms with E-state index in [4.69, 9.17) is 4.74 Å². The first kappa shape index (κ1) is 21.3. The molecule has 0 saturated carbocycles. The highest BCUT2D eigenvalue weighted by atomic mass is 32.2. The van der Waals surface area contributed by atoms with Crippen molar-refractivity contribution < 1.29 is 35.9 Å². The molecular weight excluding hydrogens is 391 g/mol. The van der Waals surface area contributed by atoms with Crippen LogP contribution in [0.3, 0.4) is 0 Å². The largest absolute Gasteiger partial charge is 0.573 e. The molecule has 1 fully saturated rings. The number of hydrogen-bond acceptors (Lipinski definition) is 5. The topological polar surface area (TPSA) is 88.2 Å². The lowest BCUT2D eigenvalue weighted by molar-refractivity contribution is -0.274. The van der Waals surface area contributed by atoms with Crippen molar-refractivity contribution in [2.75, 3.05) is 46.4 Å². The van der Waals surface area contributed by atoms with Gasteiger partial charge in [-0.05, 0) is 24.3 Å². The number of urea groups is 1. The van der Waals surface area contributed by atoms with Crippen molar-refractivity contribution in [3.63, 3.8) is 0 Å². The van der Waals surface area contributed by atoms with Crippen LogP contribution in [0.25, 0.3) is 0 Å². The molecule has 1 heterocycles. The van der Waals surface area contributed by atoms with Crippen LogP contribution in [-0.2, 0) is 14.8 Å². The van der Waals surface area contributed by atoms with Crippen molar-refractivity contribution in [2.45, 2.75) is 11.3 Å². The normalized spacial score (nSPS) is 16.2. The first-order valence-electron chi connectivity index (χ1n) is 8.01. The molecule has 0 aromatic heterocycles. The lowest BCUT2D eigenvalue weighted by Gasteiger charge is -2.34. The van der Waals surface area contributed by atoms with E-state index >= 15 is 0 Å². The van der Waals surface area contributed by atoms with E-state index in [0.29, 0.717) is 13.2 Å². The average molecular weight is 411 g/mol. The third kappa shape index (κ3) is 5.97. The average Bonchev–Trinajstić information content (AvgIpc) is 2.61. The van der Waals surface area contributed by atoms with Crippen LogP contribution in [-0.4, -0.2) is 76.5 Å². The number of alkyl halides is 3. The molecule has 2 rings (SSSR count). The molecule has 0 aliphatic carbocycles. The predicted molar refractivity (Wildman–Crippen MR) is 88.7 cm³/mol. The zero-order valence-corrected chi connectivity index (χ0v) is 15.3. The van der Waals surface area contributed by atoms with Gasteiger partial charge in [-0.15, -0.1) is 13.2 Å². The summed E-state index contributed by atoms with van der Waals surface area (Å²) in [6, 6.07) is 3.69. The van der Waals surface area contributed by atoms with Crippen molar-refractivity contribution in [1.82, 2.24) is 14.5 Å². The maximum atomic E-state index is 12.6. The second kappa shape index (κ2) is 8.76. The van der Waals surface area contributed by atoms with Crippen molar-refractivity contribution in [2.24, 2.45) is 0 Å². The zero-order chi connectivity index (χ0) is 20.1. The van der Waals surface area contributed by atoms with E-state index in [0.717, 1.165) is 24.3 Å². The van der Waals surface area contributed by atoms with Crippen LogP contribution in [0.4, 0.5) is 18.0 Å². The highest BCUT2D eigenvalue weighted by molar-refractivity contribution is 7.89. The molecule has 1 aromatic rings. The van der Waals surface area contributed by atoms with Crippen LogP contribution in [0, 0.1) is 0 Å². The number of carbonyl (C=O) groups excluding carboxylic acids is 1. The minimum atomic E-state index is -4.85. The van der Waals surface area contributed by atoms with Crippen molar-refractivity contribution in [3.8, 4) is 5.75 Å². The summed E-state index contributed by atoms with van der Waals surface area (Å²) < 4.78 is 71.5. The smallest absolute Gasteiger partial charge is 0.406 e. The van der Waals surface area contributed by atoms with Gasteiger partial charge in [0.15, 0.2) is 0 Å². The number of rotatable bonds is 6. The van der Waals surface area contributed by atoms with Crippen molar-refractivity contribution >= 4 is 16.1 Å². The number of carbonyl (C=O) groups is 1. The highest BCUT2D eigenvalue weighted by Gasteiger charge is 2.32. The van der Waals surface area contributed by atoms with Crippen LogP contribution in [0.5, 0.6) is 5.75 Å². The molecule has 1 N–H and O–H groups in total. The van der Waals surface area contributed by atoms with Gasteiger partial charge in [0.1, 0.15) is 5.75 Å². The predicted octanol–water partition coefficient (Wildman–Crippen LogP) is 1.25. The summed E-state index contributed by atoms with van der Waals surface area (Å²) in [4.78, 5) is 13.3. The van der Waals surface area contributed by atoms with E-state index in [9.17, 15) is 26.4 Å². The minimum absolute atomic E-state index is 0.0842. The Bertz CT molecular complexity index is 732. The summed E-state index contributed by atoms with van der Waals surface area (Å²) in [5.74, 6) is -0.501. The second-order valence-corrected chi connectivity index (χ2v) is 7.57. The van der Waals surface area contributed by atoms with Crippen molar-refractivity contribution in [3.05, 3.63) is 24.3 Å². The molecule has 152 valence electrons. The number of methoxy groups -OCH3 is 1. The van der Waals surface area contributed by atoms with E-state index in [1.807, 2.05) is 0 Å². The fraction of sp³-hybridized carbons (Fsp3) is 0.533. The summed E-state index contributed by atoms with van der Waals surface area (Å²) in [6.07, 6.45) is -4.85. The molecule has 0 spiro atoms. The zero-order valence-electron chi connectivity index (χ0n) is 14.5. The van der Waals surface area contributed by atoms with Crippen LogP contribution in [0.15, 0.2) is 29.2 Å². The van der Waals surface area contributed by atoms with Gasteiger partial charge in [-0.2, -0.15) is 4.31 Å². The Balaban J connectivity index is 1.95. The van der Waals surface area contributed by atoms with Gasteiger partial charge in [-0.25, -0.2) is 13.2 Å². The molecule has 0 unspecified atom stereocenters. The van der Waals surface area contributed by atoms with E-state index < -0.39 is 22.1 Å². The number of sulfonamides is 1. The lowest BCUT2D eigenvalue weighted by atomic mass is 10.3. The lowest BCUT2D eigenvalue weighted by Crippen LogP contribution is -2.53. The summed E-state index contributed by atoms with van der Waals surface area (Å²) >= 11 is 0. The maximum absolute atomic E-state index is 12.6. The van der Waals surface area contributed by atoms with Gasteiger partial charge in [0, 0.05) is 39.8 Å². The molecule has 0 radical (unpaired) electrons. The van der Waals surface area contributed by atoms with Gasteiger partial charge in [0.25, 0.3) is 0 Å². The van der Waals surface area contributed by atoms with Crippen molar-refractivity contribution in [1.29, 1.82) is 0 Å². The molecule has 12 heteroatoms. The van der Waals surface area contributed by atoms with E-state index in [2.05, 4.69) is 10.1 Å². The van der Waals surface area contributed by atoms with Gasteiger partial charge in [-0.1, -0.05) is 0 Å². The van der Waals surface area contributed by atoms with Gasteiger partial charge < -0.3 is 19.7 Å². The van der Waals surface area contributed by atoms with Gasteiger partial charge in [0.05, 0.1) is 11.5 Å². The molecular formula is C15H20F3N3O5S. The Morgan fingerprint density at radius 3 is 2.26 bits per heavy atom. The van der Waals surface area contributed by atoms with Crippen LogP contribution in [0.2, 0.25) is 0 Å². The first-order chi connectivity index (χ1) is 12.6. The highest BCUT2D eigenvalue weighted by Crippen LogP contribution is 2.25. The van der Waals surface area contributed by atoms with Crippen LogP contribution in [0.1, 0.15) is 0 Å².